The van der Waals surface area contributed by atoms with Crippen molar-refractivity contribution in [2.75, 3.05) is 26.7 Å². The standard InChI is InChI=1S/C17H20IN5O2/c1-22-6-5-15(24)19-13-9-23(7-4-14(13)22)17(25)10-2-3-12-11(8-10)16(18)21-20-12/h2-3,8,13-14H,4-7,9H2,1H3,(H,19,24)(H,20,21). The van der Waals surface area contributed by atoms with E-state index >= 15 is 0 Å². The molecule has 4 rings (SSSR count). The molecule has 2 unspecified atom stereocenters. The topological polar surface area (TPSA) is 81.3 Å². The number of aromatic nitrogens is 2. The minimum Gasteiger partial charge on any atom is -0.350 e. The third-order valence-electron chi connectivity index (χ3n) is 5.22. The Morgan fingerprint density at radius 1 is 1.36 bits per heavy atom. The average molecular weight is 453 g/mol. The van der Waals surface area contributed by atoms with Crippen LogP contribution in [0.3, 0.4) is 0 Å². The van der Waals surface area contributed by atoms with Gasteiger partial charge in [-0.2, -0.15) is 5.10 Å². The summed E-state index contributed by atoms with van der Waals surface area (Å²) in [7, 11) is 2.06. The van der Waals surface area contributed by atoms with E-state index in [1.165, 1.54) is 0 Å². The smallest absolute Gasteiger partial charge is 0.253 e. The Labute approximate surface area is 159 Å². The zero-order valence-corrected chi connectivity index (χ0v) is 16.1. The molecule has 3 heterocycles. The number of piperidine rings is 1. The van der Waals surface area contributed by atoms with Crippen molar-refractivity contribution < 1.29 is 9.59 Å². The minimum absolute atomic E-state index is 0.00417. The van der Waals surface area contributed by atoms with Crippen molar-refractivity contribution in [3.05, 3.63) is 27.5 Å². The number of likely N-dealkylation sites (N-methyl/N-ethyl adjacent to an activating group) is 1. The highest BCUT2D eigenvalue weighted by Crippen LogP contribution is 2.23. The van der Waals surface area contributed by atoms with E-state index in [0.717, 1.165) is 27.6 Å². The zero-order chi connectivity index (χ0) is 17.6. The van der Waals surface area contributed by atoms with E-state index in [4.69, 9.17) is 0 Å². The van der Waals surface area contributed by atoms with Crippen molar-refractivity contribution in [2.45, 2.75) is 24.9 Å². The number of amides is 2. The molecule has 25 heavy (non-hydrogen) atoms. The molecule has 0 spiro atoms. The van der Waals surface area contributed by atoms with Gasteiger partial charge in [0.1, 0.15) is 3.70 Å². The lowest BCUT2D eigenvalue weighted by molar-refractivity contribution is -0.121. The van der Waals surface area contributed by atoms with E-state index in [0.29, 0.717) is 31.1 Å². The number of H-pyrrole nitrogens is 1. The maximum Gasteiger partial charge on any atom is 0.253 e. The Morgan fingerprint density at radius 3 is 3.04 bits per heavy atom. The molecular formula is C17H20IN5O2. The fraction of sp³-hybridized carbons (Fsp3) is 0.471. The van der Waals surface area contributed by atoms with Crippen molar-refractivity contribution in [3.8, 4) is 0 Å². The summed E-state index contributed by atoms with van der Waals surface area (Å²) >= 11 is 2.19. The highest BCUT2D eigenvalue weighted by Gasteiger charge is 2.36. The van der Waals surface area contributed by atoms with E-state index < -0.39 is 0 Å². The van der Waals surface area contributed by atoms with Gasteiger partial charge in [-0.25, -0.2) is 0 Å². The number of carbonyl (C=O) groups is 2. The number of fused-ring (bicyclic) bond motifs is 2. The van der Waals surface area contributed by atoms with Crippen LogP contribution in [0.2, 0.25) is 0 Å². The van der Waals surface area contributed by atoms with Crippen molar-refractivity contribution >= 4 is 45.3 Å². The third-order valence-corrected chi connectivity index (χ3v) is 6.04. The minimum atomic E-state index is -0.00417. The summed E-state index contributed by atoms with van der Waals surface area (Å²) < 4.78 is 0.929. The van der Waals surface area contributed by atoms with E-state index in [2.05, 4.69) is 50.1 Å². The molecule has 2 saturated heterocycles. The first kappa shape index (κ1) is 16.8. The summed E-state index contributed by atoms with van der Waals surface area (Å²) in [5.41, 5.74) is 1.52. The number of hydrogen-bond donors (Lipinski definition) is 2. The lowest BCUT2D eigenvalue weighted by Gasteiger charge is -2.41. The first-order valence-corrected chi connectivity index (χ1v) is 9.53. The van der Waals surface area contributed by atoms with Gasteiger partial charge in [0.05, 0.1) is 11.6 Å². The molecule has 2 N–H and O–H groups in total. The molecular weight excluding hydrogens is 433 g/mol. The predicted molar refractivity (Wildman–Crippen MR) is 102 cm³/mol. The molecule has 0 saturated carbocycles. The first-order valence-electron chi connectivity index (χ1n) is 8.45. The van der Waals surface area contributed by atoms with Crippen molar-refractivity contribution in [1.29, 1.82) is 0 Å². The molecule has 0 aliphatic carbocycles. The summed E-state index contributed by atoms with van der Waals surface area (Å²) in [6, 6.07) is 5.89. The van der Waals surface area contributed by atoms with Crippen LogP contribution in [0.25, 0.3) is 10.9 Å². The number of carbonyl (C=O) groups excluding carboxylic acids is 2. The van der Waals surface area contributed by atoms with Crippen LogP contribution < -0.4 is 5.32 Å². The Hall–Kier alpha value is -1.68. The molecule has 2 aliphatic rings. The molecule has 2 fully saturated rings. The highest BCUT2D eigenvalue weighted by atomic mass is 127. The fourth-order valence-corrected chi connectivity index (χ4v) is 4.36. The maximum atomic E-state index is 13.0. The number of rotatable bonds is 1. The maximum absolute atomic E-state index is 13.0. The summed E-state index contributed by atoms with van der Waals surface area (Å²) in [5, 5.41) is 11.2. The number of benzene rings is 1. The normalized spacial score (nSPS) is 24.7. The first-order chi connectivity index (χ1) is 12.0. The molecule has 8 heteroatoms. The van der Waals surface area contributed by atoms with Gasteiger partial charge in [0.15, 0.2) is 0 Å². The van der Waals surface area contributed by atoms with Gasteiger partial charge in [0, 0.05) is 43.0 Å². The van der Waals surface area contributed by atoms with E-state index in [9.17, 15) is 9.59 Å². The second-order valence-electron chi connectivity index (χ2n) is 6.78. The molecule has 2 aliphatic heterocycles. The predicted octanol–water partition coefficient (Wildman–Crippen LogP) is 1.20. The Bertz CT molecular complexity index is 836. The number of nitrogens with zero attached hydrogens (tertiary/aromatic N) is 3. The third kappa shape index (κ3) is 3.12. The van der Waals surface area contributed by atoms with Gasteiger partial charge in [0.2, 0.25) is 5.91 Å². The van der Waals surface area contributed by atoms with Gasteiger partial charge in [-0.15, -0.1) is 0 Å². The van der Waals surface area contributed by atoms with Crippen LogP contribution in [0.15, 0.2) is 18.2 Å². The van der Waals surface area contributed by atoms with Gasteiger partial charge >= 0.3 is 0 Å². The lowest BCUT2D eigenvalue weighted by atomic mass is 9.97. The number of aromatic amines is 1. The second-order valence-corrected chi connectivity index (χ2v) is 7.86. The molecule has 1 aromatic heterocycles. The second kappa shape index (κ2) is 6.56. The molecule has 7 nitrogen and oxygen atoms in total. The van der Waals surface area contributed by atoms with Crippen molar-refractivity contribution in [3.63, 3.8) is 0 Å². The van der Waals surface area contributed by atoms with Gasteiger partial charge < -0.3 is 15.1 Å². The van der Waals surface area contributed by atoms with E-state index in [1.54, 1.807) is 0 Å². The van der Waals surface area contributed by atoms with Crippen molar-refractivity contribution in [2.24, 2.45) is 0 Å². The molecule has 1 aromatic carbocycles. The molecule has 132 valence electrons. The van der Waals surface area contributed by atoms with Crippen LogP contribution in [0.1, 0.15) is 23.2 Å². The molecule has 0 bridgehead atoms. The fourth-order valence-electron chi connectivity index (χ4n) is 3.81. The molecule has 2 aromatic rings. The molecule has 2 atom stereocenters. The number of halogens is 1. The van der Waals surface area contributed by atoms with Gasteiger partial charge in [-0.3, -0.25) is 14.7 Å². The van der Waals surface area contributed by atoms with Gasteiger partial charge in [0.25, 0.3) is 5.91 Å². The van der Waals surface area contributed by atoms with Crippen LogP contribution in [-0.2, 0) is 4.79 Å². The Balaban J connectivity index is 1.56. The number of hydrogen-bond acceptors (Lipinski definition) is 4. The van der Waals surface area contributed by atoms with Crippen LogP contribution >= 0.6 is 22.6 Å². The van der Waals surface area contributed by atoms with Crippen LogP contribution in [-0.4, -0.2) is 70.6 Å². The van der Waals surface area contributed by atoms with E-state index in [1.807, 2.05) is 23.1 Å². The quantitative estimate of drug-likeness (QED) is 0.637. The van der Waals surface area contributed by atoms with Gasteiger partial charge in [-0.1, -0.05) is 0 Å². The largest absolute Gasteiger partial charge is 0.350 e. The van der Waals surface area contributed by atoms with Crippen molar-refractivity contribution in [1.82, 2.24) is 25.3 Å². The Morgan fingerprint density at radius 2 is 2.20 bits per heavy atom. The highest BCUT2D eigenvalue weighted by molar-refractivity contribution is 14.1. The summed E-state index contributed by atoms with van der Waals surface area (Å²) in [6.07, 6.45) is 1.39. The average Bonchev–Trinajstić information content (AvgIpc) is 2.92. The summed E-state index contributed by atoms with van der Waals surface area (Å²) in [4.78, 5) is 29.0. The number of nitrogens with one attached hydrogen (secondary N) is 2. The Kier molecular flexibility index (Phi) is 4.40. The number of likely N-dealkylation sites (tertiary alicyclic amines) is 1. The summed E-state index contributed by atoms with van der Waals surface area (Å²) in [5.74, 6) is 0.0847. The lowest BCUT2D eigenvalue weighted by Crippen LogP contribution is -2.58. The van der Waals surface area contributed by atoms with Gasteiger partial charge in [-0.05, 0) is 54.3 Å². The van der Waals surface area contributed by atoms with Crippen LogP contribution in [0, 0.1) is 3.70 Å². The molecule has 0 radical (unpaired) electrons. The molecule has 2 amide bonds. The SMILES string of the molecule is CN1CCC(=O)NC2CN(C(=O)c3ccc4n[nH]c(I)c4c3)CCC21. The summed E-state index contributed by atoms with van der Waals surface area (Å²) in [6.45, 7) is 2.04. The zero-order valence-electron chi connectivity index (χ0n) is 14.0. The van der Waals surface area contributed by atoms with E-state index in [-0.39, 0.29) is 17.9 Å². The monoisotopic (exact) mass is 453 g/mol. The van der Waals surface area contributed by atoms with Crippen LogP contribution in [0.4, 0.5) is 0 Å². The van der Waals surface area contributed by atoms with Crippen LogP contribution in [0.5, 0.6) is 0 Å².